The summed E-state index contributed by atoms with van der Waals surface area (Å²) in [7, 11) is 0. The second-order valence-corrected chi connectivity index (χ2v) is 8.37. The van der Waals surface area contributed by atoms with Crippen molar-refractivity contribution >= 4 is 33.8 Å². The molecule has 1 saturated heterocycles. The molecule has 8 heteroatoms. The van der Waals surface area contributed by atoms with Crippen molar-refractivity contribution in [2.75, 3.05) is 6.61 Å². The topological polar surface area (TPSA) is 88.1 Å². The van der Waals surface area contributed by atoms with Crippen molar-refractivity contribution in [2.45, 2.75) is 23.3 Å². The number of hydrogen-bond acceptors (Lipinski definition) is 7. The van der Waals surface area contributed by atoms with Crippen LogP contribution in [0.5, 0.6) is 0 Å². The third-order valence-corrected chi connectivity index (χ3v) is 5.93. The van der Waals surface area contributed by atoms with Gasteiger partial charge in [0.2, 0.25) is 0 Å². The van der Waals surface area contributed by atoms with Crippen LogP contribution in [0.15, 0.2) is 91.0 Å². The minimum Gasteiger partial charge on any atom is -0.452 e. The maximum absolute atomic E-state index is 12.9. The molecule has 1 heterocycles. The van der Waals surface area contributed by atoms with Crippen molar-refractivity contribution in [3.8, 4) is 0 Å². The summed E-state index contributed by atoms with van der Waals surface area (Å²) in [6.45, 7) is -0.0688. The zero-order chi connectivity index (χ0) is 23.9. The molecule has 0 aliphatic carbocycles. The van der Waals surface area contributed by atoms with Crippen molar-refractivity contribution in [2.24, 2.45) is 0 Å². The Hall–Kier alpha value is -3.49. The Balaban J connectivity index is 1.59. The molecule has 0 aromatic heterocycles. The van der Waals surface area contributed by atoms with E-state index in [-0.39, 0.29) is 6.61 Å². The third-order valence-electron chi connectivity index (χ3n) is 5.14. The maximum Gasteiger partial charge on any atom is 0.338 e. The first kappa shape index (κ1) is 23.7. The highest BCUT2D eigenvalue weighted by Crippen LogP contribution is 2.29. The highest BCUT2D eigenvalue weighted by atomic mass is 79.9. The lowest BCUT2D eigenvalue weighted by atomic mass is 10.0. The summed E-state index contributed by atoms with van der Waals surface area (Å²) in [5, 5.41) is -0.791. The van der Waals surface area contributed by atoms with Gasteiger partial charge >= 0.3 is 17.9 Å². The van der Waals surface area contributed by atoms with Crippen molar-refractivity contribution in [3.63, 3.8) is 0 Å². The quantitative estimate of drug-likeness (QED) is 0.268. The van der Waals surface area contributed by atoms with E-state index in [2.05, 4.69) is 15.9 Å². The lowest BCUT2D eigenvalue weighted by molar-refractivity contribution is -0.165. The zero-order valence-corrected chi connectivity index (χ0v) is 19.5. The van der Waals surface area contributed by atoms with E-state index in [1.807, 2.05) is 0 Å². The third kappa shape index (κ3) is 5.70. The second kappa shape index (κ2) is 11.1. The summed E-state index contributed by atoms with van der Waals surface area (Å²) in [6, 6.07) is 25.2. The van der Waals surface area contributed by atoms with E-state index in [1.165, 1.54) is 0 Å². The van der Waals surface area contributed by atoms with Gasteiger partial charge in [0.15, 0.2) is 23.3 Å². The van der Waals surface area contributed by atoms with Gasteiger partial charge < -0.3 is 18.9 Å². The number of benzene rings is 3. The molecule has 0 N–H and O–H groups in total. The molecule has 4 rings (SSSR count). The zero-order valence-electron chi connectivity index (χ0n) is 17.9. The van der Waals surface area contributed by atoms with Crippen LogP contribution in [0.2, 0.25) is 0 Å². The molecule has 1 fully saturated rings. The molecule has 0 amide bonds. The number of rotatable bonds is 6. The van der Waals surface area contributed by atoms with Crippen LogP contribution >= 0.6 is 15.9 Å². The molecule has 3 aromatic carbocycles. The second-order valence-electron chi connectivity index (χ2n) is 7.47. The van der Waals surface area contributed by atoms with Crippen LogP contribution in [0.4, 0.5) is 0 Å². The molecule has 0 spiro atoms. The van der Waals surface area contributed by atoms with E-state index < -0.39 is 41.2 Å². The molecule has 1 unspecified atom stereocenters. The van der Waals surface area contributed by atoms with Gasteiger partial charge in [0.1, 0.15) is 0 Å². The Kier molecular flexibility index (Phi) is 7.72. The minimum absolute atomic E-state index is 0.0688. The number of carbonyl (C=O) groups is 3. The Bertz CT molecular complexity index is 1120. The van der Waals surface area contributed by atoms with Gasteiger partial charge in [-0.25, -0.2) is 14.4 Å². The molecular weight excluding hydrogens is 504 g/mol. The van der Waals surface area contributed by atoms with Crippen LogP contribution < -0.4 is 0 Å². The van der Waals surface area contributed by atoms with Gasteiger partial charge in [0, 0.05) is 0 Å². The van der Waals surface area contributed by atoms with Crippen molar-refractivity contribution in [1.29, 1.82) is 0 Å². The number of halogens is 1. The first-order valence-corrected chi connectivity index (χ1v) is 11.5. The maximum atomic E-state index is 12.9. The summed E-state index contributed by atoms with van der Waals surface area (Å²) in [5.41, 5.74) is 0.953. The standard InChI is InChI=1S/C26H21BrO7/c27-23-22(34-26(30)19-14-8-3-9-15-19)21(33-25(29)18-12-6-2-7-13-18)20(16-31-23)32-24(28)17-10-4-1-5-11-17/h1-15,20-23H,16H2/t20-,21-,22-,23?/m1/s1. The van der Waals surface area contributed by atoms with Crippen LogP contribution in [0.3, 0.4) is 0 Å². The molecule has 1 aliphatic heterocycles. The Morgan fingerprint density at radius 2 is 1.00 bits per heavy atom. The summed E-state index contributed by atoms with van der Waals surface area (Å²) in [5.74, 6) is -1.89. The van der Waals surface area contributed by atoms with E-state index in [9.17, 15) is 14.4 Å². The monoisotopic (exact) mass is 524 g/mol. The fourth-order valence-electron chi connectivity index (χ4n) is 3.41. The van der Waals surface area contributed by atoms with E-state index in [0.29, 0.717) is 16.7 Å². The van der Waals surface area contributed by atoms with Crippen molar-refractivity contribution in [1.82, 2.24) is 0 Å². The minimum atomic E-state index is -1.12. The average molecular weight is 525 g/mol. The molecule has 0 saturated carbocycles. The first-order valence-electron chi connectivity index (χ1n) is 10.6. The lowest BCUT2D eigenvalue weighted by Gasteiger charge is -2.38. The molecule has 1 aliphatic rings. The number of alkyl halides is 1. The lowest BCUT2D eigenvalue weighted by Crippen LogP contribution is -2.56. The van der Waals surface area contributed by atoms with Gasteiger partial charge in [0.25, 0.3) is 0 Å². The van der Waals surface area contributed by atoms with Crippen LogP contribution in [-0.2, 0) is 18.9 Å². The van der Waals surface area contributed by atoms with Gasteiger partial charge in [-0.15, -0.1) is 0 Å². The summed E-state index contributed by atoms with van der Waals surface area (Å²) in [6.07, 6.45) is -3.21. The van der Waals surface area contributed by atoms with Crippen LogP contribution in [-0.4, -0.2) is 47.8 Å². The van der Waals surface area contributed by atoms with E-state index in [1.54, 1.807) is 91.0 Å². The highest BCUT2D eigenvalue weighted by Gasteiger charge is 2.47. The Morgan fingerprint density at radius 1 is 0.618 bits per heavy atom. The van der Waals surface area contributed by atoms with E-state index in [4.69, 9.17) is 18.9 Å². The first-order chi connectivity index (χ1) is 16.5. The molecule has 3 aromatic rings. The van der Waals surface area contributed by atoms with E-state index in [0.717, 1.165) is 0 Å². The average Bonchev–Trinajstić information content (AvgIpc) is 2.89. The smallest absolute Gasteiger partial charge is 0.338 e. The van der Waals surface area contributed by atoms with Crippen molar-refractivity contribution < 1.29 is 33.3 Å². The SMILES string of the molecule is O=C(O[C@@H]1[C@H](OC(=O)c2ccccc2)COC(Br)[C@@H]1OC(=O)c1ccccc1)c1ccccc1. The normalized spacial score (nSPS) is 21.8. The predicted molar refractivity (Wildman–Crippen MR) is 126 cm³/mol. The van der Waals surface area contributed by atoms with Crippen LogP contribution in [0.1, 0.15) is 31.1 Å². The van der Waals surface area contributed by atoms with Crippen molar-refractivity contribution in [3.05, 3.63) is 108 Å². The Morgan fingerprint density at radius 3 is 1.44 bits per heavy atom. The van der Waals surface area contributed by atoms with E-state index >= 15 is 0 Å². The summed E-state index contributed by atoms with van der Waals surface area (Å²) < 4.78 is 22.7. The van der Waals surface area contributed by atoms with Gasteiger partial charge in [0.05, 0.1) is 23.3 Å². The Labute approximate surface area is 204 Å². The molecule has 7 nitrogen and oxygen atoms in total. The molecule has 4 atom stereocenters. The number of hydrogen-bond donors (Lipinski definition) is 0. The van der Waals surface area contributed by atoms with Crippen LogP contribution in [0, 0.1) is 0 Å². The number of ether oxygens (including phenoxy) is 4. The summed E-state index contributed by atoms with van der Waals surface area (Å²) >= 11 is 3.35. The van der Waals surface area contributed by atoms with Gasteiger partial charge in [-0.1, -0.05) is 70.5 Å². The molecule has 174 valence electrons. The highest BCUT2D eigenvalue weighted by molar-refractivity contribution is 9.09. The molecule has 34 heavy (non-hydrogen) atoms. The van der Waals surface area contributed by atoms with Gasteiger partial charge in [-0.2, -0.15) is 0 Å². The van der Waals surface area contributed by atoms with Crippen LogP contribution in [0.25, 0.3) is 0 Å². The summed E-state index contributed by atoms with van der Waals surface area (Å²) in [4.78, 5) is 38.3. The molecule has 0 bridgehead atoms. The van der Waals surface area contributed by atoms with Gasteiger partial charge in [-0.05, 0) is 36.4 Å². The fourth-order valence-corrected chi connectivity index (χ4v) is 3.97. The number of esters is 3. The number of carbonyl (C=O) groups excluding carboxylic acids is 3. The fraction of sp³-hybridized carbons (Fsp3) is 0.192. The van der Waals surface area contributed by atoms with Gasteiger partial charge in [-0.3, -0.25) is 0 Å². The molecular formula is C26H21BrO7. The predicted octanol–water partition coefficient (Wildman–Crippen LogP) is 4.41. The molecule has 0 radical (unpaired) electrons. The largest absolute Gasteiger partial charge is 0.452 e.